The van der Waals surface area contributed by atoms with E-state index in [1.807, 2.05) is 54.6 Å². The zero-order valence-electron chi connectivity index (χ0n) is 15.3. The largest absolute Gasteiger partial charge is 0.507 e. The second-order valence-electron chi connectivity index (χ2n) is 7.37. The lowest BCUT2D eigenvalue weighted by Gasteiger charge is -2.22. The molecule has 0 saturated carbocycles. The number of phenols is 1. The summed E-state index contributed by atoms with van der Waals surface area (Å²) in [5.74, 6) is 0.0668. The highest BCUT2D eigenvalue weighted by Gasteiger charge is 2.10. The molecule has 3 heteroatoms. The third-order valence-corrected chi connectivity index (χ3v) is 4.04. The Bertz CT molecular complexity index is 964. The number of fused-ring (bicyclic) bond motifs is 1. The average Bonchev–Trinajstić information content (AvgIpc) is 2.60. The van der Waals surface area contributed by atoms with Gasteiger partial charge in [0.05, 0.1) is 0 Å². The molecule has 0 atom stereocenters. The van der Waals surface area contributed by atoms with Gasteiger partial charge in [0.25, 0.3) is 0 Å². The first-order valence-electron chi connectivity index (χ1n) is 8.65. The van der Waals surface area contributed by atoms with Crippen molar-refractivity contribution in [3.05, 3.63) is 77.9 Å². The Hall–Kier alpha value is -3.07. The molecule has 0 unspecified atom stereocenters. The molecular formula is C23H23NO2. The third kappa shape index (κ3) is 4.12. The summed E-state index contributed by atoms with van der Waals surface area (Å²) in [5.41, 5.74) is 2.21. The number of rotatable bonds is 4. The van der Waals surface area contributed by atoms with Crippen LogP contribution in [0, 0.1) is 0 Å². The number of anilines is 1. The highest BCUT2D eigenvalue weighted by Crippen LogP contribution is 2.28. The van der Waals surface area contributed by atoms with Gasteiger partial charge in [0.2, 0.25) is 0 Å². The molecule has 0 bridgehead atoms. The number of carbonyl (C=O) groups is 1. The second-order valence-corrected chi connectivity index (χ2v) is 7.37. The normalized spacial score (nSPS) is 11.8. The number of phenolic OH excluding ortho intramolecular Hbond substituents is 1. The van der Waals surface area contributed by atoms with Gasteiger partial charge in [0, 0.05) is 22.4 Å². The van der Waals surface area contributed by atoms with Crippen molar-refractivity contribution in [3.8, 4) is 5.75 Å². The van der Waals surface area contributed by atoms with Gasteiger partial charge in [-0.05, 0) is 74.0 Å². The first-order valence-corrected chi connectivity index (χ1v) is 8.65. The summed E-state index contributed by atoms with van der Waals surface area (Å²) in [4.78, 5) is 12.5. The fourth-order valence-electron chi connectivity index (χ4n) is 2.87. The third-order valence-electron chi connectivity index (χ3n) is 4.04. The molecule has 0 aromatic heterocycles. The molecule has 3 rings (SSSR count). The maximum absolute atomic E-state index is 12.5. The van der Waals surface area contributed by atoms with Gasteiger partial charge in [-0.25, -0.2) is 0 Å². The first-order chi connectivity index (χ1) is 12.3. The molecule has 0 radical (unpaired) electrons. The molecule has 26 heavy (non-hydrogen) atoms. The van der Waals surface area contributed by atoms with Crippen LogP contribution in [-0.4, -0.2) is 16.4 Å². The second kappa shape index (κ2) is 7.04. The fourth-order valence-corrected chi connectivity index (χ4v) is 2.87. The lowest BCUT2D eigenvalue weighted by atomic mass is 10.0. The number of hydrogen-bond donors (Lipinski definition) is 2. The van der Waals surface area contributed by atoms with Gasteiger partial charge in [0.1, 0.15) is 5.75 Å². The van der Waals surface area contributed by atoms with Crippen LogP contribution in [0.4, 0.5) is 5.69 Å². The molecular weight excluding hydrogens is 322 g/mol. The maximum Gasteiger partial charge on any atom is 0.185 e. The van der Waals surface area contributed by atoms with E-state index in [1.165, 1.54) is 6.08 Å². The molecule has 0 fully saturated rings. The number of benzene rings is 3. The Balaban J connectivity index is 1.83. The van der Waals surface area contributed by atoms with Crippen molar-refractivity contribution in [3.63, 3.8) is 0 Å². The number of aromatic hydroxyl groups is 1. The van der Waals surface area contributed by atoms with Crippen molar-refractivity contribution in [1.82, 2.24) is 0 Å². The van der Waals surface area contributed by atoms with Crippen LogP contribution in [0.15, 0.2) is 66.7 Å². The van der Waals surface area contributed by atoms with E-state index in [0.29, 0.717) is 11.1 Å². The van der Waals surface area contributed by atoms with Gasteiger partial charge in [-0.2, -0.15) is 0 Å². The number of hydrogen-bond acceptors (Lipinski definition) is 3. The lowest BCUT2D eigenvalue weighted by molar-refractivity contribution is 0.104. The fraction of sp³-hybridized carbons (Fsp3) is 0.174. The number of ketones is 1. The van der Waals surface area contributed by atoms with Gasteiger partial charge >= 0.3 is 0 Å². The monoisotopic (exact) mass is 345 g/mol. The van der Waals surface area contributed by atoms with E-state index in [1.54, 1.807) is 12.1 Å². The first kappa shape index (κ1) is 17.7. The molecule has 3 nitrogen and oxygen atoms in total. The van der Waals surface area contributed by atoms with Gasteiger partial charge in [-0.1, -0.05) is 30.3 Å². The minimum Gasteiger partial charge on any atom is -0.507 e. The predicted molar refractivity (Wildman–Crippen MR) is 109 cm³/mol. The molecule has 0 amide bonds. The highest BCUT2D eigenvalue weighted by molar-refractivity contribution is 6.08. The van der Waals surface area contributed by atoms with Gasteiger partial charge in [-0.3, -0.25) is 4.79 Å². The quantitative estimate of drug-likeness (QED) is 0.474. The topological polar surface area (TPSA) is 49.3 Å². The van der Waals surface area contributed by atoms with Crippen LogP contribution in [0.2, 0.25) is 0 Å². The Morgan fingerprint density at radius 1 is 0.962 bits per heavy atom. The SMILES string of the molecule is CC(C)(C)Nc1ccc(C(=O)/C=C/c2c(O)ccc3ccccc23)cc1. The van der Waals surface area contributed by atoms with Crippen molar-refractivity contribution >= 4 is 28.3 Å². The standard InChI is InChI=1S/C23H23NO2/c1-23(2,3)24-18-11-8-17(9-12-18)21(25)15-13-20-19-7-5-4-6-16(19)10-14-22(20)26/h4-15,24,26H,1-3H3/b15-13+. The summed E-state index contributed by atoms with van der Waals surface area (Å²) in [6.07, 6.45) is 3.19. The van der Waals surface area contributed by atoms with Crippen LogP contribution in [0.3, 0.4) is 0 Å². The summed E-state index contributed by atoms with van der Waals surface area (Å²) in [6, 6.07) is 18.7. The van der Waals surface area contributed by atoms with Crippen molar-refractivity contribution in [2.24, 2.45) is 0 Å². The molecule has 0 aliphatic rings. The van der Waals surface area contributed by atoms with Crippen LogP contribution in [0.1, 0.15) is 36.7 Å². The zero-order valence-corrected chi connectivity index (χ0v) is 15.3. The summed E-state index contributed by atoms with van der Waals surface area (Å²) in [5, 5.41) is 15.5. The summed E-state index contributed by atoms with van der Waals surface area (Å²) in [6.45, 7) is 6.27. The van der Waals surface area contributed by atoms with E-state index in [0.717, 1.165) is 16.5 Å². The number of nitrogens with one attached hydrogen (secondary N) is 1. The minimum atomic E-state index is -0.0976. The Labute approximate surface area is 154 Å². The van der Waals surface area contributed by atoms with E-state index >= 15 is 0 Å². The molecule has 0 saturated heterocycles. The molecule has 0 spiro atoms. The Morgan fingerprint density at radius 2 is 1.65 bits per heavy atom. The average molecular weight is 345 g/mol. The lowest BCUT2D eigenvalue weighted by Crippen LogP contribution is -2.25. The molecule has 3 aromatic rings. The molecule has 0 heterocycles. The molecule has 3 aromatic carbocycles. The summed E-state index contributed by atoms with van der Waals surface area (Å²) in [7, 11) is 0. The summed E-state index contributed by atoms with van der Waals surface area (Å²) >= 11 is 0. The van der Waals surface area contributed by atoms with Crippen LogP contribution in [0.5, 0.6) is 5.75 Å². The van der Waals surface area contributed by atoms with Crippen molar-refractivity contribution in [2.45, 2.75) is 26.3 Å². The molecule has 2 N–H and O–H groups in total. The maximum atomic E-state index is 12.5. The van der Waals surface area contributed by atoms with E-state index in [-0.39, 0.29) is 17.1 Å². The molecule has 132 valence electrons. The van der Waals surface area contributed by atoms with E-state index in [9.17, 15) is 9.90 Å². The van der Waals surface area contributed by atoms with Gasteiger partial charge in [0.15, 0.2) is 5.78 Å². The molecule has 0 aliphatic heterocycles. The number of allylic oxidation sites excluding steroid dienone is 1. The van der Waals surface area contributed by atoms with Gasteiger partial charge < -0.3 is 10.4 Å². The Kier molecular flexibility index (Phi) is 4.81. The predicted octanol–water partition coefficient (Wildman–Crippen LogP) is 5.65. The zero-order chi connectivity index (χ0) is 18.7. The van der Waals surface area contributed by atoms with E-state index < -0.39 is 0 Å². The minimum absolute atomic E-state index is 0.0304. The van der Waals surface area contributed by atoms with E-state index in [2.05, 4.69) is 26.1 Å². The smallest absolute Gasteiger partial charge is 0.185 e. The van der Waals surface area contributed by atoms with Crippen molar-refractivity contribution < 1.29 is 9.90 Å². The van der Waals surface area contributed by atoms with Crippen molar-refractivity contribution in [1.29, 1.82) is 0 Å². The summed E-state index contributed by atoms with van der Waals surface area (Å²) < 4.78 is 0. The van der Waals surface area contributed by atoms with Gasteiger partial charge in [-0.15, -0.1) is 0 Å². The Morgan fingerprint density at radius 3 is 2.35 bits per heavy atom. The van der Waals surface area contributed by atoms with Crippen molar-refractivity contribution in [2.75, 3.05) is 5.32 Å². The van der Waals surface area contributed by atoms with Crippen LogP contribution in [-0.2, 0) is 0 Å². The van der Waals surface area contributed by atoms with Crippen LogP contribution < -0.4 is 5.32 Å². The van der Waals surface area contributed by atoms with E-state index in [4.69, 9.17) is 0 Å². The molecule has 0 aliphatic carbocycles. The highest BCUT2D eigenvalue weighted by atomic mass is 16.3. The number of carbonyl (C=O) groups excluding carboxylic acids is 1. The van der Waals surface area contributed by atoms with Crippen LogP contribution in [0.25, 0.3) is 16.8 Å². The van der Waals surface area contributed by atoms with Crippen LogP contribution >= 0.6 is 0 Å².